The van der Waals surface area contributed by atoms with Crippen LogP contribution in [0, 0.1) is 58.2 Å². The van der Waals surface area contributed by atoms with E-state index < -0.39 is 81.0 Å². The Morgan fingerprint density at radius 2 is 1.45 bits per heavy atom. The molecule has 4 bridgehead atoms. The van der Waals surface area contributed by atoms with Crippen LogP contribution in [0.4, 0.5) is 0 Å². The van der Waals surface area contributed by atoms with Crippen LogP contribution in [0.3, 0.4) is 0 Å². The minimum absolute atomic E-state index is 0.0295. The molecule has 0 aromatic heterocycles. The lowest BCUT2D eigenvalue weighted by atomic mass is 9.37. The summed E-state index contributed by atoms with van der Waals surface area (Å²) in [5.41, 5.74) is -5.17. The fourth-order valence-electron chi connectivity index (χ4n) is 12.1. The summed E-state index contributed by atoms with van der Waals surface area (Å²) in [6, 6.07) is 3.77. The van der Waals surface area contributed by atoms with Crippen molar-refractivity contribution in [2.75, 3.05) is 0 Å². The molecule has 3 unspecified atom stereocenters. The van der Waals surface area contributed by atoms with Crippen LogP contribution < -0.4 is 0 Å². The van der Waals surface area contributed by atoms with Gasteiger partial charge in [0, 0.05) is 16.7 Å². The molecule has 0 amide bonds. The van der Waals surface area contributed by atoms with Crippen molar-refractivity contribution in [3.63, 3.8) is 0 Å². The van der Waals surface area contributed by atoms with Crippen LogP contribution in [0.5, 0.6) is 5.75 Å². The van der Waals surface area contributed by atoms with Gasteiger partial charge in [0.15, 0.2) is 28.7 Å². The number of hydrogen-bond donors (Lipinski definition) is 3. The predicted octanol–water partition coefficient (Wildman–Crippen LogP) is 4.16. The number of phenolic OH excluding ortho intramolecular Hbond substituents is 1. The Morgan fingerprint density at radius 3 is 1.98 bits per heavy atom. The highest BCUT2D eigenvalue weighted by Crippen LogP contribution is 2.67. The first-order valence-electron chi connectivity index (χ1n) is 16.5. The Labute approximate surface area is 258 Å². The number of ketones is 5. The summed E-state index contributed by atoms with van der Waals surface area (Å²) in [6.45, 7) is 9.25. The molecule has 8 heteroatoms. The monoisotopic (exact) mass is 604 g/mol. The van der Waals surface area contributed by atoms with Crippen molar-refractivity contribution in [3.05, 3.63) is 28.8 Å². The number of benzene rings is 1. The highest BCUT2D eigenvalue weighted by Gasteiger charge is 2.80. The van der Waals surface area contributed by atoms with Crippen LogP contribution in [0.1, 0.15) is 107 Å². The van der Waals surface area contributed by atoms with Crippen LogP contribution in [-0.2, 0) is 19.2 Å². The topological polar surface area (TPSA) is 146 Å². The van der Waals surface area contributed by atoms with Crippen molar-refractivity contribution in [1.82, 2.24) is 0 Å². The number of aromatic hydroxyl groups is 1. The summed E-state index contributed by atoms with van der Waals surface area (Å²) >= 11 is 0. The second kappa shape index (κ2) is 9.18. The Bertz CT molecular complexity index is 1510. The molecule has 6 fully saturated rings. The lowest BCUT2D eigenvalue weighted by molar-refractivity contribution is -0.240. The quantitative estimate of drug-likeness (QED) is 0.436. The van der Waals surface area contributed by atoms with Gasteiger partial charge in [0.05, 0.1) is 17.6 Å². The molecule has 7 aliphatic rings. The number of fused-ring (bicyclic) bond motifs is 3. The average molecular weight is 605 g/mol. The van der Waals surface area contributed by atoms with E-state index in [9.17, 15) is 39.3 Å². The SMILES string of the molecule is CC(=O)C1C(=O)C(C(C)C)[C@@]2(C)[C@H](O)[C@]3(C)C(C(=O)c4c(ccc(C5C6CC7CC(C6)CC5C7)c4O)[C@H]3C)C(=O)[C@@]2(O)C1=O. The van der Waals surface area contributed by atoms with E-state index in [1.807, 2.05) is 12.1 Å². The number of Topliss-reactive ketones (excluding diaryl/α,β-unsaturated/α-hetero) is 5. The van der Waals surface area contributed by atoms with Crippen molar-refractivity contribution in [1.29, 1.82) is 0 Å². The lowest BCUT2D eigenvalue weighted by Crippen LogP contribution is -2.81. The molecule has 0 heterocycles. The summed E-state index contributed by atoms with van der Waals surface area (Å²) in [6.07, 6.45) is 4.10. The molecule has 0 radical (unpaired) electrons. The Morgan fingerprint density at radius 1 is 0.909 bits per heavy atom. The van der Waals surface area contributed by atoms with E-state index in [2.05, 4.69) is 0 Å². The maximum atomic E-state index is 14.7. The zero-order valence-electron chi connectivity index (χ0n) is 26.4. The van der Waals surface area contributed by atoms with Gasteiger partial charge < -0.3 is 15.3 Å². The van der Waals surface area contributed by atoms with Gasteiger partial charge >= 0.3 is 0 Å². The Balaban J connectivity index is 1.40. The summed E-state index contributed by atoms with van der Waals surface area (Å²) < 4.78 is 0. The van der Waals surface area contributed by atoms with Crippen LogP contribution in [0.25, 0.3) is 0 Å². The van der Waals surface area contributed by atoms with E-state index >= 15 is 0 Å². The maximum absolute atomic E-state index is 14.7. The number of carbonyl (C=O) groups excluding carboxylic acids is 5. The van der Waals surface area contributed by atoms with Crippen molar-refractivity contribution in [3.8, 4) is 5.75 Å². The van der Waals surface area contributed by atoms with E-state index in [0.29, 0.717) is 17.4 Å². The molecule has 7 aliphatic carbocycles. The highest BCUT2D eigenvalue weighted by molar-refractivity contribution is 6.33. The number of aliphatic hydroxyl groups is 2. The molecule has 0 saturated heterocycles. The standard InChI is InChI=1S/C36H44O8/c1-14(2)26-29(39)23(16(4)37)31(41)36(44)32(42)27-30(40)25-21(15(3)34(27,5)33(43)35(26,36)6)7-8-22(28(25)38)24-19-10-17-9-18(12-19)13-20(24)11-17/h7-8,14-15,17-20,23-24,26-27,33,38,43-44H,9-13H2,1-6H3/t15-,17?,18?,19?,20?,23?,24?,26?,27?,33-,34+,35+,36+/m1/s1. The van der Waals surface area contributed by atoms with Gasteiger partial charge in [0.25, 0.3) is 0 Å². The summed E-state index contributed by atoms with van der Waals surface area (Å²) in [5.74, 6) is -8.19. The molecule has 236 valence electrons. The molecule has 8 nitrogen and oxygen atoms in total. The molecule has 3 N–H and O–H groups in total. The molecule has 44 heavy (non-hydrogen) atoms. The lowest BCUT2D eigenvalue weighted by Gasteiger charge is -2.65. The third kappa shape index (κ3) is 3.24. The van der Waals surface area contributed by atoms with E-state index in [4.69, 9.17) is 0 Å². The number of phenols is 1. The molecule has 1 aromatic carbocycles. The molecular weight excluding hydrogens is 560 g/mol. The van der Waals surface area contributed by atoms with Gasteiger partial charge in [0.2, 0.25) is 0 Å². The normalized spacial score (nSPS) is 47.5. The first kappa shape index (κ1) is 30.0. The van der Waals surface area contributed by atoms with E-state index in [1.165, 1.54) is 13.3 Å². The average Bonchev–Trinajstić information content (AvgIpc) is 2.93. The second-order valence-electron chi connectivity index (χ2n) is 16.1. The molecule has 1 aromatic rings. The van der Waals surface area contributed by atoms with Crippen LogP contribution >= 0.6 is 0 Å². The minimum atomic E-state index is -2.95. The van der Waals surface area contributed by atoms with Crippen molar-refractivity contribution < 1.29 is 39.3 Å². The van der Waals surface area contributed by atoms with Gasteiger partial charge in [-0.1, -0.05) is 46.8 Å². The second-order valence-corrected chi connectivity index (χ2v) is 16.1. The molecule has 8 atom stereocenters. The molecule has 6 saturated carbocycles. The van der Waals surface area contributed by atoms with Crippen molar-refractivity contribution >= 4 is 28.9 Å². The van der Waals surface area contributed by atoms with Gasteiger partial charge in [-0.3, -0.25) is 24.0 Å². The third-order valence-corrected chi connectivity index (χ3v) is 13.8. The molecule has 0 aliphatic heterocycles. The summed E-state index contributed by atoms with van der Waals surface area (Å²) in [5, 5.41) is 36.5. The third-order valence-electron chi connectivity index (χ3n) is 13.8. The largest absolute Gasteiger partial charge is 0.507 e. The van der Waals surface area contributed by atoms with Crippen molar-refractivity contribution in [2.24, 2.45) is 58.2 Å². The van der Waals surface area contributed by atoms with Crippen molar-refractivity contribution in [2.45, 2.75) is 97.2 Å². The minimum Gasteiger partial charge on any atom is -0.507 e. The first-order valence-corrected chi connectivity index (χ1v) is 16.5. The van der Waals surface area contributed by atoms with E-state index in [1.54, 1.807) is 27.7 Å². The predicted molar refractivity (Wildman–Crippen MR) is 159 cm³/mol. The van der Waals surface area contributed by atoms with Gasteiger partial charge in [-0.05, 0) is 91.6 Å². The van der Waals surface area contributed by atoms with Crippen LogP contribution in [0.15, 0.2) is 12.1 Å². The molecular formula is C36H44O8. The van der Waals surface area contributed by atoms with Gasteiger partial charge in [-0.15, -0.1) is 0 Å². The van der Waals surface area contributed by atoms with Gasteiger partial charge in [-0.2, -0.15) is 0 Å². The van der Waals surface area contributed by atoms with E-state index in [-0.39, 0.29) is 17.2 Å². The summed E-state index contributed by atoms with van der Waals surface area (Å²) in [7, 11) is 0. The Hall–Kier alpha value is -2.71. The zero-order chi connectivity index (χ0) is 32.0. The number of hydrogen-bond acceptors (Lipinski definition) is 8. The fourth-order valence-corrected chi connectivity index (χ4v) is 12.1. The van der Waals surface area contributed by atoms with Crippen LogP contribution in [-0.4, -0.2) is 55.9 Å². The summed E-state index contributed by atoms with van der Waals surface area (Å²) in [4.78, 5) is 69.6. The number of rotatable bonds is 3. The first-order chi connectivity index (χ1) is 20.5. The smallest absolute Gasteiger partial charge is 0.191 e. The number of carbonyl (C=O) groups is 5. The van der Waals surface area contributed by atoms with Crippen LogP contribution in [0.2, 0.25) is 0 Å². The fraction of sp³-hybridized carbons (Fsp3) is 0.694. The van der Waals surface area contributed by atoms with E-state index in [0.717, 1.165) is 50.0 Å². The number of aliphatic hydroxyl groups excluding tert-OH is 1. The Kier molecular flexibility index (Phi) is 6.26. The van der Waals surface area contributed by atoms with Gasteiger partial charge in [-0.25, -0.2) is 0 Å². The van der Waals surface area contributed by atoms with Gasteiger partial charge in [0.1, 0.15) is 17.5 Å². The highest BCUT2D eigenvalue weighted by atomic mass is 16.3. The zero-order valence-corrected chi connectivity index (χ0v) is 26.4. The molecule has 8 rings (SSSR count). The maximum Gasteiger partial charge on any atom is 0.191 e. The molecule has 0 spiro atoms.